The minimum atomic E-state index is -0.568. The van der Waals surface area contributed by atoms with Gasteiger partial charge in [0.1, 0.15) is 5.69 Å². The molecule has 2 N–H and O–H groups in total. The summed E-state index contributed by atoms with van der Waals surface area (Å²) in [5, 5.41) is 22.5. The molecule has 132 valence electrons. The Kier molecular flexibility index (Phi) is 5.61. The van der Waals surface area contributed by atoms with Crippen LogP contribution >= 0.6 is 0 Å². The van der Waals surface area contributed by atoms with E-state index in [2.05, 4.69) is 25.7 Å². The van der Waals surface area contributed by atoms with Crippen LogP contribution in [-0.4, -0.2) is 40.0 Å². The third kappa shape index (κ3) is 4.28. The van der Waals surface area contributed by atoms with Crippen molar-refractivity contribution in [3.63, 3.8) is 0 Å². The zero-order chi connectivity index (χ0) is 18.4. The predicted octanol–water partition coefficient (Wildman–Crippen LogP) is 1.23. The topological polar surface area (TPSA) is 145 Å². The smallest absolute Gasteiger partial charge is 0.315 e. The van der Waals surface area contributed by atoms with Gasteiger partial charge in [-0.15, -0.1) is 10.2 Å². The number of hydrogen-bond acceptors (Lipinski definition) is 9. The van der Waals surface area contributed by atoms with Gasteiger partial charge in [0, 0.05) is 11.6 Å². The number of aryl methyl sites for hydroxylation is 1. The van der Waals surface area contributed by atoms with Crippen LogP contribution in [0.15, 0.2) is 22.0 Å². The van der Waals surface area contributed by atoms with Gasteiger partial charge in [0.05, 0.1) is 24.9 Å². The molecule has 1 aromatic heterocycles. The van der Waals surface area contributed by atoms with Crippen LogP contribution in [0.1, 0.15) is 18.2 Å². The Morgan fingerprint density at radius 2 is 2.20 bits per heavy atom. The van der Waals surface area contributed by atoms with Crippen molar-refractivity contribution < 1.29 is 14.4 Å². The lowest BCUT2D eigenvalue weighted by Crippen LogP contribution is -2.15. The minimum absolute atomic E-state index is 0.0410. The van der Waals surface area contributed by atoms with Crippen LogP contribution in [0.4, 0.5) is 11.6 Å². The summed E-state index contributed by atoms with van der Waals surface area (Å²) in [4.78, 5) is 24.5. The monoisotopic (exact) mass is 348 g/mol. The molecule has 1 aromatic carbocycles. The number of rotatable bonds is 7. The summed E-state index contributed by atoms with van der Waals surface area (Å²) in [7, 11) is 1.38. The Labute approximate surface area is 141 Å². The molecular weight excluding hydrogens is 332 g/mol. The van der Waals surface area contributed by atoms with Crippen LogP contribution in [0, 0.1) is 17.0 Å². The van der Waals surface area contributed by atoms with Crippen molar-refractivity contribution >= 4 is 17.9 Å². The highest BCUT2D eigenvalue weighted by atomic mass is 16.6. The number of aromatic amines is 1. The lowest BCUT2D eigenvalue weighted by Gasteiger charge is -2.10. The number of nitrogens with one attached hydrogen (secondary N) is 2. The van der Waals surface area contributed by atoms with Crippen LogP contribution in [0.5, 0.6) is 11.5 Å². The second kappa shape index (κ2) is 7.86. The van der Waals surface area contributed by atoms with Crippen LogP contribution in [0.2, 0.25) is 0 Å². The van der Waals surface area contributed by atoms with Crippen LogP contribution in [-0.2, 0) is 0 Å². The molecule has 1 heterocycles. The Bertz CT molecular complexity index is 863. The van der Waals surface area contributed by atoms with Crippen molar-refractivity contribution in [2.45, 2.75) is 13.8 Å². The number of nitrogens with zero attached hydrogens (tertiary/aromatic N) is 4. The normalized spacial score (nSPS) is 10.7. The van der Waals surface area contributed by atoms with E-state index < -0.39 is 10.5 Å². The summed E-state index contributed by atoms with van der Waals surface area (Å²) in [6, 6.07) is 2.83. The third-order valence-corrected chi connectivity index (χ3v) is 3.01. The van der Waals surface area contributed by atoms with Crippen LogP contribution in [0.25, 0.3) is 0 Å². The average Bonchev–Trinajstić information content (AvgIpc) is 2.58. The summed E-state index contributed by atoms with van der Waals surface area (Å²) in [5.74, 6) is 0.300. The zero-order valence-corrected chi connectivity index (χ0v) is 13.8. The zero-order valence-electron chi connectivity index (χ0n) is 13.8. The number of hydrazone groups is 1. The molecule has 0 atom stereocenters. The lowest BCUT2D eigenvalue weighted by atomic mass is 10.2. The molecular formula is C14H16N6O5. The average molecular weight is 348 g/mol. The number of aromatic nitrogens is 3. The maximum absolute atomic E-state index is 11.4. The number of benzene rings is 1. The van der Waals surface area contributed by atoms with E-state index in [0.29, 0.717) is 5.56 Å². The molecule has 0 saturated heterocycles. The Hall–Kier alpha value is -3.50. The second-order valence-corrected chi connectivity index (χ2v) is 4.72. The summed E-state index contributed by atoms with van der Waals surface area (Å²) in [5.41, 5.74) is 2.46. The summed E-state index contributed by atoms with van der Waals surface area (Å²) >= 11 is 0. The predicted molar refractivity (Wildman–Crippen MR) is 89.4 cm³/mol. The highest BCUT2D eigenvalue weighted by Crippen LogP contribution is 2.37. The van der Waals surface area contributed by atoms with Gasteiger partial charge < -0.3 is 9.47 Å². The van der Waals surface area contributed by atoms with Crippen molar-refractivity contribution in [1.29, 1.82) is 0 Å². The van der Waals surface area contributed by atoms with E-state index in [1.54, 1.807) is 6.92 Å². The highest BCUT2D eigenvalue weighted by Gasteiger charge is 2.21. The fourth-order valence-electron chi connectivity index (χ4n) is 1.87. The maximum Gasteiger partial charge on any atom is 0.315 e. The van der Waals surface area contributed by atoms with Gasteiger partial charge >= 0.3 is 5.69 Å². The molecule has 0 aliphatic carbocycles. The Morgan fingerprint density at radius 1 is 1.44 bits per heavy atom. The van der Waals surface area contributed by atoms with Crippen molar-refractivity contribution in [3.05, 3.63) is 43.9 Å². The molecule has 11 heteroatoms. The molecule has 0 aliphatic heterocycles. The molecule has 0 fully saturated rings. The van der Waals surface area contributed by atoms with E-state index in [0.717, 1.165) is 0 Å². The van der Waals surface area contributed by atoms with Crippen LogP contribution in [0.3, 0.4) is 0 Å². The van der Waals surface area contributed by atoms with E-state index >= 15 is 0 Å². The molecule has 0 amide bonds. The van der Waals surface area contributed by atoms with Gasteiger partial charge in [-0.3, -0.25) is 19.9 Å². The first-order valence-corrected chi connectivity index (χ1v) is 7.18. The van der Waals surface area contributed by atoms with Crippen LogP contribution < -0.4 is 20.5 Å². The first-order valence-electron chi connectivity index (χ1n) is 7.18. The first-order chi connectivity index (χ1) is 12.0. The number of nitro groups is 1. The van der Waals surface area contributed by atoms with Gasteiger partial charge in [-0.2, -0.15) is 5.10 Å². The highest BCUT2D eigenvalue weighted by molar-refractivity contribution is 5.83. The van der Waals surface area contributed by atoms with Gasteiger partial charge in [0.25, 0.3) is 5.56 Å². The largest absolute Gasteiger partial charge is 0.493 e. The number of methoxy groups -OCH3 is 1. The number of nitro benzene ring substituents is 1. The molecule has 0 radical (unpaired) electrons. The van der Waals surface area contributed by atoms with Crippen molar-refractivity contribution in [2.75, 3.05) is 19.1 Å². The quantitative estimate of drug-likeness (QED) is 0.432. The molecule has 0 saturated carbocycles. The van der Waals surface area contributed by atoms with Crippen molar-refractivity contribution in [3.8, 4) is 11.5 Å². The van der Waals surface area contributed by atoms with Gasteiger partial charge in [-0.05, 0) is 19.9 Å². The van der Waals surface area contributed by atoms with E-state index in [9.17, 15) is 14.9 Å². The molecule has 0 spiro atoms. The minimum Gasteiger partial charge on any atom is -0.493 e. The number of anilines is 1. The van der Waals surface area contributed by atoms with E-state index in [1.807, 2.05) is 0 Å². The fourth-order valence-corrected chi connectivity index (χ4v) is 1.87. The van der Waals surface area contributed by atoms with E-state index in [-0.39, 0.29) is 35.4 Å². The molecule has 0 unspecified atom stereocenters. The van der Waals surface area contributed by atoms with Gasteiger partial charge in [-0.25, -0.2) is 5.43 Å². The molecule has 0 aliphatic rings. The van der Waals surface area contributed by atoms with Gasteiger partial charge in [-0.1, -0.05) is 0 Å². The standard InChI is InChI=1S/C14H16N6O5/c1-4-25-12-10(20(22)23)5-9(6-11(12)24-3)7-15-18-14-16-13(21)8(2)17-19-14/h5-7H,4H2,1-3H3,(H2,16,18,19,21)/b15-7+. The van der Waals surface area contributed by atoms with Crippen molar-refractivity contribution in [1.82, 2.24) is 15.2 Å². The first kappa shape index (κ1) is 17.8. The number of H-pyrrole nitrogens is 1. The summed E-state index contributed by atoms with van der Waals surface area (Å²) < 4.78 is 10.4. The number of ether oxygens (including phenoxy) is 2. The summed E-state index contributed by atoms with van der Waals surface area (Å²) in [6.45, 7) is 3.49. The Balaban J connectivity index is 2.29. The summed E-state index contributed by atoms with van der Waals surface area (Å²) in [6.07, 6.45) is 1.31. The number of hydrogen-bond donors (Lipinski definition) is 2. The second-order valence-electron chi connectivity index (χ2n) is 4.72. The third-order valence-electron chi connectivity index (χ3n) is 3.01. The molecule has 0 bridgehead atoms. The van der Waals surface area contributed by atoms with Gasteiger partial charge in [0.15, 0.2) is 5.75 Å². The molecule has 2 aromatic rings. The molecule has 2 rings (SSSR count). The lowest BCUT2D eigenvalue weighted by molar-refractivity contribution is -0.385. The van der Waals surface area contributed by atoms with E-state index in [1.165, 1.54) is 32.4 Å². The van der Waals surface area contributed by atoms with Crippen molar-refractivity contribution in [2.24, 2.45) is 5.10 Å². The molecule has 25 heavy (non-hydrogen) atoms. The molecule has 11 nitrogen and oxygen atoms in total. The van der Waals surface area contributed by atoms with E-state index in [4.69, 9.17) is 9.47 Å². The maximum atomic E-state index is 11.4. The SMILES string of the molecule is CCOc1c(OC)cc(/C=N/Nc2nnc(C)c(=O)[nH]2)cc1[N+](=O)[O-]. The fraction of sp³-hybridized carbons (Fsp3) is 0.286. The Morgan fingerprint density at radius 3 is 2.80 bits per heavy atom. The van der Waals surface area contributed by atoms with Gasteiger partial charge in [0.2, 0.25) is 11.7 Å².